The monoisotopic (exact) mass is 328 g/mol. The summed E-state index contributed by atoms with van der Waals surface area (Å²) in [5, 5.41) is 2.31. The number of amides is 2. The molecule has 8 heteroatoms. The van der Waals surface area contributed by atoms with Gasteiger partial charge in [-0.25, -0.2) is 4.79 Å². The second-order valence-electron chi connectivity index (χ2n) is 5.52. The third kappa shape index (κ3) is 2.82. The highest BCUT2D eigenvalue weighted by Crippen LogP contribution is 2.52. The average Bonchev–Trinajstić information content (AvgIpc) is 3.03. The minimum Gasteiger partial charge on any atom is -0.450 e. The van der Waals surface area contributed by atoms with Gasteiger partial charge in [-0.3, -0.25) is 4.79 Å². The molecular weight excluding hydrogens is 308 g/mol. The molecule has 0 aromatic rings. The Bertz CT molecular complexity index is 515. The molecule has 1 spiro atoms. The van der Waals surface area contributed by atoms with E-state index in [4.69, 9.17) is 19.9 Å². The van der Waals surface area contributed by atoms with Crippen molar-refractivity contribution in [1.82, 2.24) is 5.32 Å². The maximum Gasteiger partial charge on any atom is 0.408 e. The van der Waals surface area contributed by atoms with Crippen molar-refractivity contribution < 1.29 is 23.8 Å². The molecule has 3 aliphatic rings. The molecule has 2 unspecified atom stereocenters. The Morgan fingerprint density at radius 1 is 1.45 bits per heavy atom. The number of nitrogens with two attached hydrogens (primary N) is 1. The summed E-state index contributed by atoms with van der Waals surface area (Å²) in [5.41, 5.74) is 6.55. The molecular formula is C14H20N2O5S. The van der Waals surface area contributed by atoms with E-state index in [0.717, 1.165) is 10.5 Å². The third-order valence-electron chi connectivity index (χ3n) is 4.17. The van der Waals surface area contributed by atoms with Crippen molar-refractivity contribution in [2.24, 2.45) is 11.7 Å². The van der Waals surface area contributed by atoms with Gasteiger partial charge in [-0.15, -0.1) is 11.8 Å². The van der Waals surface area contributed by atoms with E-state index < -0.39 is 29.1 Å². The molecule has 3 rings (SSSR count). The van der Waals surface area contributed by atoms with Crippen LogP contribution in [-0.2, 0) is 19.0 Å². The average molecular weight is 328 g/mol. The lowest BCUT2D eigenvalue weighted by molar-refractivity contribution is -0.162. The van der Waals surface area contributed by atoms with Gasteiger partial charge in [-0.2, -0.15) is 0 Å². The molecule has 1 fully saturated rings. The van der Waals surface area contributed by atoms with Crippen LogP contribution in [-0.4, -0.2) is 43.0 Å². The molecule has 2 atom stereocenters. The molecule has 1 aliphatic carbocycles. The van der Waals surface area contributed by atoms with Gasteiger partial charge in [0.05, 0.1) is 31.1 Å². The number of nitrogens with one attached hydrogen (secondary N) is 1. The van der Waals surface area contributed by atoms with Gasteiger partial charge in [0, 0.05) is 12.8 Å². The fourth-order valence-electron chi connectivity index (χ4n) is 3.23. The third-order valence-corrected chi connectivity index (χ3v) is 5.50. The topological polar surface area (TPSA) is 99.9 Å². The number of hydrogen-bond donors (Lipinski definition) is 2. The zero-order chi connectivity index (χ0) is 15.7. The summed E-state index contributed by atoms with van der Waals surface area (Å²) in [4.78, 5) is 24.5. The van der Waals surface area contributed by atoms with E-state index in [1.165, 1.54) is 11.8 Å². The highest BCUT2D eigenvalue weighted by atomic mass is 32.2. The summed E-state index contributed by atoms with van der Waals surface area (Å²) < 4.78 is 16.4. The van der Waals surface area contributed by atoms with Crippen molar-refractivity contribution in [3.8, 4) is 0 Å². The summed E-state index contributed by atoms with van der Waals surface area (Å²) in [6, 6.07) is 0. The first kappa shape index (κ1) is 15.6. The van der Waals surface area contributed by atoms with Crippen LogP contribution in [0.5, 0.6) is 0 Å². The number of rotatable bonds is 3. The van der Waals surface area contributed by atoms with Gasteiger partial charge in [0.2, 0.25) is 5.91 Å². The quantitative estimate of drug-likeness (QED) is 0.804. The SMILES string of the molecule is CCOC(=O)NC1SC2=C(CCC3(C2)OCCO3)C1C(N)=O. The lowest BCUT2D eigenvalue weighted by atomic mass is 9.86. The van der Waals surface area contributed by atoms with E-state index in [2.05, 4.69) is 5.32 Å². The van der Waals surface area contributed by atoms with Gasteiger partial charge in [0.15, 0.2) is 5.79 Å². The minimum atomic E-state index is -0.563. The highest BCUT2D eigenvalue weighted by molar-refractivity contribution is 8.04. The second kappa shape index (κ2) is 6.10. The molecule has 0 radical (unpaired) electrons. The fourth-order valence-corrected chi connectivity index (χ4v) is 4.81. The summed E-state index contributed by atoms with van der Waals surface area (Å²) >= 11 is 1.45. The van der Waals surface area contributed by atoms with E-state index in [1.807, 2.05) is 0 Å². The molecule has 0 aromatic carbocycles. The van der Waals surface area contributed by atoms with Crippen LogP contribution in [0.15, 0.2) is 10.5 Å². The largest absolute Gasteiger partial charge is 0.450 e. The number of alkyl carbamates (subject to hydrolysis) is 1. The number of ether oxygens (including phenoxy) is 3. The maximum absolute atomic E-state index is 11.8. The van der Waals surface area contributed by atoms with Gasteiger partial charge in [-0.1, -0.05) is 0 Å². The number of carbonyl (C=O) groups is 2. The molecule has 2 heterocycles. The predicted molar refractivity (Wildman–Crippen MR) is 79.7 cm³/mol. The molecule has 0 aromatic heterocycles. The Morgan fingerprint density at radius 3 is 2.82 bits per heavy atom. The molecule has 2 aliphatic heterocycles. The molecule has 2 amide bonds. The van der Waals surface area contributed by atoms with E-state index >= 15 is 0 Å². The van der Waals surface area contributed by atoms with E-state index in [1.54, 1.807) is 6.92 Å². The van der Waals surface area contributed by atoms with Crippen molar-refractivity contribution in [2.45, 2.75) is 37.3 Å². The molecule has 1 saturated heterocycles. The molecule has 22 heavy (non-hydrogen) atoms. The van der Waals surface area contributed by atoms with Gasteiger partial charge in [0.25, 0.3) is 0 Å². The Labute approximate surface area is 132 Å². The lowest BCUT2D eigenvalue weighted by Gasteiger charge is -2.32. The first-order valence-corrected chi connectivity index (χ1v) is 8.32. The van der Waals surface area contributed by atoms with Crippen molar-refractivity contribution >= 4 is 23.8 Å². The van der Waals surface area contributed by atoms with Gasteiger partial charge in [0.1, 0.15) is 0 Å². The zero-order valence-electron chi connectivity index (χ0n) is 12.4. The lowest BCUT2D eigenvalue weighted by Crippen LogP contribution is -2.42. The van der Waals surface area contributed by atoms with Crippen LogP contribution in [0.4, 0.5) is 4.79 Å². The van der Waals surface area contributed by atoms with Crippen molar-refractivity contribution in [3.63, 3.8) is 0 Å². The van der Waals surface area contributed by atoms with Crippen LogP contribution in [0.2, 0.25) is 0 Å². The standard InChI is InChI=1S/C14H20N2O5S/c1-2-19-13(18)16-12-10(11(15)17)8-3-4-14(7-9(8)22-12)20-5-6-21-14/h10,12H,2-7H2,1H3,(H2,15,17)(H,16,18). The summed E-state index contributed by atoms with van der Waals surface area (Å²) in [7, 11) is 0. The van der Waals surface area contributed by atoms with Gasteiger partial charge < -0.3 is 25.3 Å². The molecule has 122 valence electrons. The number of thioether (sulfide) groups is 1. The van der Waals surface area contributed by atoms with Gasteiger partial charge >= 0.3 is 6.09 Å². The van der Waals surface area contributed by atoms with Crippen molar-refractivity contribution in [3.05, 3.63) is 10.5 Å². The van der Waals surface area contributed by atoms with Crippen molar-refractivity contribution in [1.29, 1.82) is 0 Å². The number of carbonyl (C=O) groups excluding carboxylic acids is 2. The van der Waals surface area contributed by atoms with E-state index in [0.29, 0.717) is 32.5 Å². The Hall–Kier alpha value is -1.25. The number of hydrogen-bond acceptors (Lipinski definition) is 6. The van der Waals surface area contributed by atoms with Gasteiger partial charge in [-0.05, 0) is 23.8 Å². The Balaban J connectivity index is 1.75. The van der Waals surface area contributed by atoms with E-state index in [9.17, 15) is 9.59 Å². The van der Waals surface area contributed by atoms with Crippen LogP contribution in [0.25, 0.3) is 0 Å². The maximum atomic E-state index is 11.8. The van der Waals surface area contributed by atoms with E-state index in [-0.39, 0.29) is 6.61 Å². The first-order valence-electron chi connectivity index (χ1n) is 7.44. The number of primary amides is 1. The second-order valence-corrected chi connectivity index (χ2v) is 6.75. The summed E-state index contributed by atoms with van der Waals surface area (Å²) in [5.74, 6) is -1.49. The van der Waals surface area contributed by atoms with Crippen LogP contribution in [0.3, 0.4) is 0 Å². The molecule has 7 nitrogen and oxygen atoms in total. The zero-order valence-corrected chi connectivity index (χ0v) is 13.2. The normalized spacial score (nSPS) is 29.5. The smallest absolute Gasteiger partial charge is 0.408 e. The first-order chi connectivity index (χ1) is 10.5. The summed E-state index contributed by atoms with van der Waals surface area (Å²) in [6.07, 6.45) is 1.48. The van der Waals surface area contributed by atoms with Crippen molar-refractivity contribution in [2.75, 3.05) is 19.8 Å². The minimum absolute atomic E-state index is 0.280. The van der Waals surface area contributed by atoms with Crippen LogP contribution in [0, 0.1) is 5.92 Å². The summed E-state index contributed by atoms with van der Waals surface area (Å²) in [6.45, 7) is 3.20. The molecule has 0 bridgehead atoms. The van der Waals surface area contributed by atoms with Crippen LogP contribution >= 0.6 is 11.8 Å². The fraction of sp³-hybridized carbons (Fsp3) is 0.714. The highest BCUT2D eigenvalue weighted by Gasteiger charge is 2.48. The Morgan fingerprint density at radius 2 is 2.18 bits per heavy atom. The predicted octanol–water partition coefficient (Wildman–Crippen LogP) is 1.09. The molecule has 0 saturated carbocycles. The Kier molecular flexibility index (Phi) is 4.33. The van der Waals surface area contributed by atoms with Crippen LogP contribution in [0.1, 0.15) is 26.2 Å². The van der Waals surface area contributed by atoms with Crippen LogP contribution < -0.4 is 11.1 Å². The molecule has 3 N–H and O–H groups in total.